The van der Waals surface area contributed by atoms with E-state index < -0.39 is 52.6 Å². The van der Waals surface area contributed by atoms with E-state index in [1.54, 1.807) is 12.1 Å². The molecule has 1 heterocycles. The Bertz CT molecular complexity index is 1150. The number of hydrogen-bond donors (Lipinski definition) is 4. The smallest absolute Gasteiger partial charge is 0.405 e. The van der Waals surface area contributed by atoms with Gasteiger partial charge in [-0.1, -0.05) is 71.1 Å². The van der Waals surface area contributed by atoms with Crippen LogP contribution in [0, 0.1) is 17.3 Å². The average Bonchev–Trinajstić information content (AvgIpc) is 3.61. The van der Waals surface area contributed by atoms with E-state index in [4.69, 9.17) is 5.73 Å². The largest absolute Gasteiger partial charge is 0.465 e. The van der Waals surface area contributed by atoms with Gasteiger partial charge >= 0.3 is 6.09 Å². The highest BCUT2D eigenvalue weighted by atomic mass is 16.4. The van der Waals surface area contributed by atoms with Gasteiger partial charge < -0.3 is 21.5 Å². The fourth-order valence-corrected chi connectivity index (χ4v) is 6.55. The summed E-state index contributed by atoms with van der Waals surface area (Å²) in [5.41, 5.74) is 4.27. The fraction of sp³-hybridized carbons (Fsp3) is 0.621. The Hall–Kier alpha value is -3.43. The van der Waals surface area contributed by atoms with Gasteiger partial charge in [0.1, 0.15) is 11.6 Å². The Kier molecular flexibility index (Phi) is 8.04. The minimum atomic E-state index is -1.49. The molecule has 1 unspecified atom stereocenters. The molecule has 0 saturated heterocycles. The molecule has 0 bridgehead atoms. The number of carboxylic acid groups (broad SMARTS) is 1. The highest BCUT2D eigenvalue weighted by molar-refractivity contribution is 6.38. The van der Waals surface area contributed by atoms with Crippen LogP contribution in [0.25, 0.3) is 0 Å². The van der Waals surface area contributed by atoms with E-state index in [1.165, 1.54) is 4.90 Å². The molecule has 4 amide bonds. The summed E-state index contributed by atoms with van der Waals surface area (Å²) in [6, 6.07) is 5.11. The first kappa shape index (κ1) is 28.6. The van der Waals surface area contributed by atoms with Crippen LogP contribution < -0.4 is 21.3 Å². The minimum absolute atomic E-state index is 0.201. The topological polar surface area (TPSA) is 159 Å². The van der Waals surface area contributed by atoms with Crippen molar-refractivity contribution >= 4 is 35.3 Å². The molecule has 1 aromatic carbocycles. The van der Waals surface area contributed by atoms with E-state index in [0.717, 1.165) is 37.7 Å². The first-order valence-corrected chi connectivity index (χ1v) is 13.9. The molecule has 3 aliphatic rings. The van der Waals surface area contributed by atoms with Crippen LogP contribution >= 0.6 is 0 Å². The van der Waals surface area contributed by atoms with Crippen LogP contribution in [0.2, 0.25) is 0 Å². The number of primary amides is 1. The molecule has 1 aliphatic heterocycles. The van der Waals surface area contributed by atoms with Crippen molar-refractivity contribution in [3.8, 4) is 0 Å². The maximum Gasteiger partial charge on any atom is 0.405 e. The highest BCUT2D eigenvalue weighted by Crippen LogP contribution is 2.47. The van der Waals surface area contributed by atoms with E-state index in [1.807, 2.05) is 32.9 Å². The summed E-state index contributed by atoms with van der Waals surface area (Å²) in [5.74, 6) is -3.04. The van der Waals surface area contributed by atoms with Gasteiger partial charge in [-0.3, -0.25) is 24.1 Å². The lowest BCUT2D eigenvalue weighted by molar-refractivity contribution is -0.139. The van der Waals surface area contributed by atoms with Crippen molar-refractivity contribution in [2.24, 2.45) is 23.0 Å². The summed E-state index contributed by atoms with van der Waals surface area (Å²) in [6.45, 7) is 5.55. The van der Waals surface area contributed by atoms with Gasteiger partial charge in [0.15, 0.2) is 0 Å². The van der Waals surface area contributed by atoms with E-state index in [9.17, 15) is 29.1 Å². The number of anilines is 1. The summed E-state index contributed by atoms with van der Waals surface area (Å²) in [4.78, 5) is 66.5. The van der Waals surface area contributed by atoms with Crippen molar-refractivity contribution < 1.29 is 29.1 Å². The maximum atomic E-state index is 14.8. The molecule has 10 nitrogen and oxygen atoms in total. The van der Waals surface area contributed by atoms with E-state index in [-0.39, 0.29) is 18.3 Å². The Balaban J connectivity index is 1.75. The van der Waals surface area contributed by atoms with Crippen LogP contribution in [-0.2, 0) is 25.6 Å². The summed E-state index contributed by atoms with van der Waals surface area (Å²) >= 11 is 0. The molecular formula is C29H40N4O6. The van der Waals surface area contributed by atoms with Gasteiger partial charge in [-0.15, -0.1) is 0 Å². The molecule has 0 spiro atoms. The molecule has 39 heavy (non-hydrogen) atoms. The fourth-order valence-electron chi connectivity index (χ4n) is 6.55. The minimum Gasteiger partial charge on any atom is -0.465 e. The monoisotopic (exact) mass is 540 g/mol. The number of amides is 4. The van der Waals surface area contributed by atoms with Crippen LogP contribution in [0.1, 0.15) is 77.7 Å². The molecule has 2 saturated carbocycles. The number of nitrogens with one attached hydrogen (secondary N) is 2. The average molecular weight is 541 g/mol. The molecule has 3 atom stereocenters. The second kappa shape index (κ2) is 11.0. The number of hydrogen-bond acceptors (Lipinski definition) is 5. The number of carbonyl (C=O) groups is 5. The van der Waals surface area contributed by atoms with Gasteiger partial charge in [0.25, 0.3) is 11.8 Å². The van der Waals surface area contributed by atoms with E-state index >= 15 is 0 Å². The van der Waals surface area contributed by atoms with Crippen LogP contribution in [0.5, 0.6) is 0 Å². The van der Waals surface area contributed by atoms with Crippen LogP contribution in [-0.4, -0.2) is 52.3 Å². The van der Waals surface area contributed by atoms with Gasteiger partial charge in [0.2, 0.25) is 11.7 Å². The lowest BCUT2D eigenvalue weighted by Crippen LogP contribution is -2.71. The molecule has 10 heteroatoms. The second-order valence-electron chi connectivity index (χ2n) is 12.3. The number of para-hydroxylation sites is 1. The predicted octanol–water partition coefficient (Wildman–Crippen LogP) is 2.92. The lowest BCUT2D eigenvalue weighted by atomic mass is 9.61. The zero-order valence-electron chi connectivity index (χ0n) is 23.0. The zero-order chi connectivity index (χ0) is 28.5. The number of ketones is 1. The summed E-state index contributed by atoms with van der Waals surface area (Å²) in [5, 5.41) is 15.4. The van der Waals surface area contributed by atoms with Crippen LogP contribution in [0.15, 0.2) is 24.3 Å². The third-order valence-electron chi connectivity index (χ3n) is 8.68. The van der Waals surface area contributed by atoms with Crippen LogP contribution in [0.4, 0.5) is 10.5 Å². The first-order valence-electron chi connectivity index (χ1n) is 13.9. The molecule has 5 N–H and O–H groups in total. The Labute approximate surface area is 229 Å². The zero-order valence-corrected chi connectivity index (χ0v) is 23.0. The normalized spacial score (nSPS) is 21.8. The molecular weight excluding hydrogens is 500 g/mol. The maximum absolute atomic E-state index is 14.8. The van der Waals surface area contributed by atoms with Gasteiger partial charge in [-0.25, -0.2) is 4.79 Å². The number of rotatable bonds is 9. The van der Waals surface area contributed by atoms with Crippen molar-refractivity contribution in [3.05, 3.63) is 29.8 Å². The number of fused-ring (bicyclic) bond motifs is 1. The molecule has 2 aliphatic carbocycles. The quantitative estimate of drug-likeness (QED) is 0.353. The number of Topliss-reactive ketones (excluding diaryl/α,β-unsaturated/α-hetero) is 1. The molecule has 0 aromatic heterocycles. The summed E-state index contributed by atoms with van der Waals surface area (Å²) in [6.07, 6.45) is 5.20. The van der Waals surface area contributed by atoms with Crippen molar-refractivity contribution in [3.63, 3.8) is 0 Å². The highest BCUT2D eigenvalue weighted by Gasteiger charge is 2.59. The van der Waals surface area contributed by atoms with Crippen molar-refractivity contribution in [1.29, 1.82) is 0 Å². The van der Waals surface area contributed by atoms with E-state index in [0.29, 0.717) is 24.9 Å². The molecule has 1 aromatic rings. The lowest BCUT2D eigenvalue weighted by Gasteiger charge is -2.51. The predicted molar refractivity (Wildman–Crippen MR) is 145 cm³/mol. The van der Waals surface area contributed by atoms with Crippen molar-refractivity contribution in [2.45, 2.75) is 96.2 Å². The SMILES string of the molecule is CC(C)(C)[C@](NC(=O)O)(C(=O)N1c2ccccc2C[C@H]1C(=O)NC(CC1CC1)C(=O)C(N)=O)C1CCCCC1. The number of benzene rings is 1. The first-order chi connectivity index (χ1) is 18.4. The number of nitrogens with zero attached hydrogens (tertiary/aromatic N) is 1. The van der Waals surface area contributed by atoms with Crippen molar-refractivity contribution in [1.82, 2.24) is 10.6 Å². The standard InChI is InChI=1S/C29H40N4O6/c1-28(2,3)29(32-27(38)39,19-10-5-4-6-11-19)26(37)33-21-12-8-7-9-18(21)16-22(33)25(36)31-20(15-17-13-14-17)23(34)24(30)35/h7-9,12,17,19-20,22,32H,4-6,10-11,13-16H2,1-3H3,(H2,30,35)(H,31,36)(H,38,39)/t20?,22-,29+/m0/s1. The Morgan fingerprint density at radius 1 is 1.03 bits per heavy atom. The van der Waals surface area contributed by atoms with Gasteiger partial charge in [0.05, 0.1) is 6.04 Å². The summed E-state index contributed by atoms with van der Waals surface area (Å²) in [7, 11) is 0. The van der Waals surface area contributed by atoms with Gasteiger partial charge in [-0.2, -0.15) is 0 Å². The van der Waals surface area contributed by atoms with Crippen LogP contribution in [0.3, 0.4) is 0 Å². The molecule has 0 radical (unpaired) electrons. The molecule has 212 valence electrons. The Morgan fingerprint density at radius 3 is 2.23 bits per heavy atom. The summed E-state index contributed by atoms with van der Waals surface area (Å²) < 4.78 is 0. The van der Waals surface area contributed by atoms with Gasteiger partial charge in [-0.05, 0) is 48.1 Å². The van der Waals surface area contributed by atoms with Crippen molar-refractivity contribution in [2.75, 3.05) is 4.90 Å². The Morgan fingerprint density at radius 2 is 1.67 bits per heavy atom. The van der Waals surface area contributed by atoms with E-state index in [2.05, 4.69) is 10.6 Å². The second-order valence-corrected chi connectivity index (χ2v) is 12.3. The number of carbonyl (C=O) groups excluding carboxylic acids is 4. The third-order valence-corrected chi connectivity index (χ3v) is 8.68. The molecule has 4 rings (SSSR count). The number of nitrogens with two attached hydrogens (primary N) is 1. The third kappa shape index (κ3) is 5.65. The molecule has 2 fully saturated rings. The van der Waals surface area contributed by atoms with Gasteiger partial charge in [0, 0.05) is 12.1 Å².